The van der Waals surface area contributed by atoms with Crippen molar-refractivity contribution < 1.29 is 19.0 Å². The lowest BCUT2D eigenvalue weighted by molar-refractivity contribution is 0.0629. The summed E-state index contributed by atoms with van der Waals surface area (Å²) in [6.07, 6.45) is 5.21. The van der Waals surface area contributed by atoms with Crippen LogP contribution in [0.2, 0.25) is 0 Å². The van der Waals surface area contributed by atoms with E-state index in [-0.39, 0.29) is 24.4 Å². The minimum atomic E-state index is 0. The summed E-state index contributed by atoms with van der Waals surface area (Å²) in [7, 11) is 3.29. The molecule has 152 valence electrons. The predicted octanol–water partition coefficient (Wildman–Crippen LogP) is 2.89. The molecule has 3 rings (SSSR count). The molecule has 0 aromatic heterocycles. The van der Waals surface area contributed by atoms with Crippen LogP contribution < -0.4 is 14.8 Å². The number of carbonyl (C=O) groups excluding carboxylic acids is 1. The van der Waals surface area contributed by atoms with Gasteiger partial charge in [0.05, 0.1) is 13.7 Å². The van der Waals surface area contributed by atoms with E-state index in [1.165, 1.54) is 0 Å². The molecular formula is C20H31ClN2O4. The fraction of sp³-hybridized carbons (Fsp3) is 0.650. The summed E-state index contributed by atoms with van der Waals surface area (Å²) in [6.45, 7) is 3.11. The number of halogens is 1. The van der Waals surface area contributed by atoms with Gasteiger partial charge in [0.15, 0.2) is 11.5 Å². The Kier molecular flexibility index (Phi) is 8.67. The molecule has 1 N–H and O–H groups in total. The quantitative estimate of drug-likeness (QED) is 0.648. The Morgan fingerprint density at radius 2 is 1.96 bits per heavy atom. The van der Waals surface area contributed by atoms with E-state index < -0.39 is 0 Å². The Balaban J connectivity index is 0.00000261. The molecule has 1 saturated heterocycles. The molecule has 1 atom stereocenters. The first kappa shape index (κ1) is 21.8. The highest BCUT2D eigenvalue weighted by Crippen LogP contribution is 2.34. The summed E-state index contributed by atoms with van der Waals surface area (Å²) in [5, 5.41) is 3.42. The van der Waals surface area contributed by atoms with Crippen LogP contribution in [-0.2, 0) is 4.74 Å². The van der Waals surface area contributed by atoms with Crippen molar-refractivity contribution in [2.75, 3.05) is 40.5 Å². The number of benzene rings is 1. The number of nitrogens with zero attached hydrogens (tertiary/aromatic N) is 1. The van der Waals surface area contributed by atoms with Crippen molar-refractivity contribution in [3.63, 3.8) is 0 Å². The maximum Gasteiger partial charge on any atom is 0.254 e. The van der Waals surface area contributed by atoms with E-state index in [1.54, 1.807) is 14.2 Å². The second kappa shape index (κ2) is 10.7. The minimum absolute atomic E-state index is 0. The van der Waals surface area contributed by atoms with E-state index in [4.69, 9.17) is 14.2 Å². The number of ether oxygens (including phenoxy) is 3. The Morgan fingerprint density at radius 1 is 1.15 bits per heavy atom. The average Bonchev–Trinajstić information content (AvgIpc) is 3.51. The zero-order valence-electron chi connectivity index (χ0n) is 16.2. The summed E-state index contributed by atoms with van der Waals surface area (Å²) in [5.41, 5.74) is 0.671. The summed E-state index contributed by atoms with van der Waals surface area (Å²) < 4.78 is 16.3. The molecule has 2 aliphatic rings. The first-order valence-corrected chi connectivity index (χ1v) is 9.57. The number of nitrogens with one attached hydrogen (secondary N) is 1. The van der Waals surface area contributed by atoms with Gasteiger partial charge in [-0.3, -0.25) is 4.79 Å². The number of hydrogen-bond donors (Lipinski definition) is 1. The van der Waals surface area contributed by atoms with Crippen LogP contribution in [0.3, 0.4) is 0 Å². The van der Waals surface area contributed by atoms with Gasteiger partial charge in [-0.2, -0.15) is 0 Å². The van der Waals surface area contributed by atoms with Gasteiger partial charge in [0, 0.05) is 44.3 Å². The Bertz CT molecular complexity index is 604. The summed E-state index contributed by atoms with van der Waals surface area (Å²) in [4.78, 5) is 15.3. The van der Waals surface area contributed by atoms with Crippen molar-refractivity contribution in [3.8, 4) is 11.5 Å². The molecule has 1 aliphatic carbocycles. The maximum atomic E-state index is 13.2. The molecule has 0 spiro atoms. The van der Waals surface area contributed by atoms with Gasteiger partial charge in [-0.15, -0.1) is 12.4 Å². The third-order valence-corrected chi connectivity index (χ3v) is 5.00. The second-order valence-electron chi connectivity index (χ2n) is 7.00. The Morgan fingerprint density at radius 3 is 2.59 bits per heavy atom. The van der Waals surface area contributed by atoms with Crippen molar-refractivity contribution in [1.82, 2.24) is 10.2 Å². The Labute approximate surface area is 167 Å². The molecule has 0 unspecified atom stereocenters. The van der Waals surface area contributed by atoms with Crippen molar-refractivity contribution >= 4 is 18.3 Å². The average molecular weight is 399 g/mol. The molecular weight excluding hydrogens is 368 g/mol. The molecule has 1 saturated carbocycles. The topological polar surface area (TPSA) is 60.0 Å². The van der Waals surface area contributed by atoms with E-state index in [9.17, 15) is 4.79 Å². The first-order chi connectivity index (χ1) is 12.7. The van der Waals surface area contributed by atoms with Crippen molar-refractivity contribution in [2.45, 2.75) is 44.2 Å². The van der Waals surface area contributed by atoms with Crippen molar-refractivity contribution in [1.29, 1.82) is 0 Å². The summed E-state index contributed by atoms with van der Waals surface area (Å²) in [5.74, 6) is 1.37. The maximum absolute atomic E-state index is 13.2. The highest BCUT2D eigenvalue weighted by molar-refractivity contribution is 5.95. The third-order valence-electron chi connectivity index (χ3n) is 5.00. The third kappa shape index (κ3) is 5.74. The van der Waals surface area contributed by atoms with E-state index in [1.807, 2.05) is 18.2 Å². The zero-order valence-corrected chi connectivity index (χ0v) is 17.1. The number of hydrogen-bond acceptors (Lipinski definition) is 5. The van der Waals surface area contributed by atoms with E-state index in [0.717, 1.165) is 45.2 Å². The fourth-order valence-corrected chi connectivity index (χ4v) is 3.51. The molecule has 7 heteroatoms. The van der Waals surface area contributed by atoms with Crippen LogP contribution in [0.5, 0.6) is 11.5 Å². The highest BCUT2D eigenvalue weighted by atomic mass is 35.5. The fourth-order valence-electron chi connectivity index (χ4n) is 3.51. The van der Waals surface area contributed by atoms with Gasteiger partial charge in [-0.05, 0) is 50.4 Å². The lowest BCUT2D eigenvalue weighted by Crippen LogP contribution is -2.49. The molecule has 1 heterocycles. The number of methoxy groups -OCH3 is 2. The standard InChI is InChI=1S/C20H30N2O4.ClH/c1-24-11-4-12-26-19-13-15(6-9-18(19)25-2)20(23)22(16-7-8-16)17-5-3-10-21-14-17;/h6,9,13,16-17,21H,3-5,7-8,10-12,14H2,1-2H3;1H/t17-;/m1./s1. The number of piperidine rings is 1. The first-order valence-electron chi connectivity index (χ1n) is 9.57. The zero-order chi connectivity index (χ0) is 18.4. The van der Waals surface area contributed by atoms with Gasteiger partial charge < -0.3 is 24.4 Å². The van der Waals surface area contributed by atoms with Gasteiger partial charge in [-0.1, -0.05) is 0 Å². The van der Waals surface area contributed by atoms with Crippen LogP contribution in [0.25, 0.3) is 0 Å². The molecule has 1 amide bonds. The molecule has 2 fully saturated rings. The van der Waals surface area contributed by atoms with Gasteiger partial charge in [-0.25, -0.2) is 0 Å². The molecule has 1 aromatic rings. The van der Waals surface area contributed by atoms with E-state index >= 15 is 0 Å². The highest BCUT2D eigenvalue weighted by Gasteiger charge is 2.38. The van der Waals surface area contributed by atoms with Crippen LogP contribution >= 0.6 is 12.4 Å². The smallest absolute Gasteiger partial charge is 0.254 e. The Hall–Kier alpha value is -1.50. The summed E-state index contributed by atoms with van der Waals surface area (Å²) in [6, 6.07) is 6.16. The van der Waals surface area contributed by atoms with Crippen LogP contribution in [0.1, 0.15) is 42.5 Å². The molecule has 1 aliphatic heterocycles. The minimum Gasteiger partial charge on any atom is -0.493 e. The predicted molar refractivity (Wildman–Crippen MR) is 107 cm³/mol. The van der Waals surface area contributed by atoms with Crippen molar-refractivity contribution in [2.24, 2.45) is 0 Å². The number of rotatable bonds is 9. The molecule has 1 aromatic carbocycles. The van der Waals surface area contributed by atoms with Crippen LogP contribution in [-0.4, -0.2) is 63.4 Å². The van der Waals surface area contributed by atoms with Crippen LogP contribution in [0, 0.1) is 0 Å². The molecule has 6 nitrogen and oxygen atoms in total. The lowest BCUT2D eigenvalue weighted by atomic mass is 10.0. The number of amides is 1. The van der Waals surface area contributed by atoms with Gasteiger partial charge in [0.1, 0.15) is 0 Å². The largest absolute Gasteiger partial charge is 0.493 e. The van der Waals surface area contributed by atoms with Gasteiger partial charge in [0.25, 0.3) is 5.91 Å². The van der Waals surface area contributed by atoms with E-state index in [0.29, 0.717) is 36.3 Å². The van der Waals surface area contributed by atoms with Gasteiger partial charge >= 0.3 is 0 Å². The second-order valence-corrected chi connectivity index (χ2v) is 7.00. The SMILES string of the molecule is COCCCOc1cc(C(=O)N(C2CC2)[C@@H]2CCCNC2)ccc1OC.Cl. The molecule has 0 radical (unpaired) electrons. The van der Waals surface area contributed by atoms with Crippen molar-refractivity contribution in [3.05, 3.63) is 23.8 Å². The monoisotopic (exact) mass is 398 g/mol. The normalized spacial score (nSPS) is 19.1. The molecule has 27 heavy (non-hydrogen) atoms. The van der Waals surface area contributed by atoms with Crippen LogP contribution in [0.15, 0.2) is 18.2 Å². The van der Waals surface area contributed by atoms with E-state index in [2.05, 4.69) is 10.2 Å². The van der Waals surface area contributed by atoms with Gasteiger partial charge in [0.2, 0.25) is 0 Å². The molecule has 0 bridgehead atoms. The number of carbonyl (C=O) groups is 1. The van der Waals surface area contributed by atoms with Crippen LogP contribution in [0.4, 0.5) is 0 Å². The summed E-state index contributed by atoms with van der Waals surface area (Å²) >= 11 is 0. The lowest BCUT2D eigenvalue weighted by Gasteiger charge is -2.35.